The van der Waals surface area contributed by atoms with Gasteiger partial charge in [-0.1, -0.05) is 0 Å². The largest absolute Gasteiger partial charge is 0.507 e. The number of nitrogen functional groups attached to an aromatic ring is 1. The Kier molecular flexibility index (Phi) is 3.89. The molecule has 0 aliphatic carbocycles. The molecule has 0 aromatic heterocycles. The summed E-state index contributed by atoms with van der Waals surface area (Å²) in [5, 5.41) is 11.9. The van der Waals surface area contributed by atoms with Crippen LogP contribution < -0.4 is 11.1 Å². The number of phenolic OH excluding ortho intramolecular Hbond substituents is 1. The lowest BCUT2D eigenvalue weighted by atomic mass is 10.2. The maximum Gasteiger partial charge on any atom is 0.255 e. The summed E-state index contributed by atoms with van der Waals surface area (Å²) < 4.78 is 14.1. The summed E-state index contributed by atoms with van der Waals surface area (Å²) in [6, 6.07) is 8.38. The van der Waals surface area contributed by atoms with Crippen LogP contribution in [0.3, 0.4) is 0 Å². The smallest absolute Gasteiger partial charge is 0.255 e. The van der Waals surface area contributed by atoms with E-state index in [0.29, 0.717) is 9.26 Å². The normalized spacial score (nSPS) is 10.2. The van der Waals surface area contributed by atoms with E-state index in [1.54, 1.807) is 12.1 Å². The molecule has 0 bridgehead atoms. The molecular weight excluding hydrogens is 362 g/mol. The molecule has 0 unspecified atom stereocenters. The highest BCUT2D eigenvalue weighted by Gasteiger charge is 2.11. The number of nitrogens with two attached hydrogens (primary N) is 1. The summed E-state index contributed by atoms with van der Waals surface area (Å²) in [6.45, 7) is 0. The van der Waals surface area contributed by atoms with Gasteiger partial charge in [0.05, 0.1) is 9.26 Å². The van der Waals surface area contributed by atoms with Gasteiger partial charge in [-0.3, -0.25) is 4.79 Å². The molecule has 98 valence electrons. The van der Waals surface area contributed by atoms with E-state index in [1.807, 2.05) is 22.6 Å². The van der Waals surface area contributed by atoms with Gasteiger partial charge in [0.15, 0.2) is 0 Å². The van der Waals surface area contributed by atoms with Crippen LogP contribution >= 0.6 is 22.6 Å². The Bertz CT molecular complexity index is 647. The van der Waals surface area contributed by atoms with Crippen LogP contribution in [0.25, 0.3) is 0 Å². The van der Waals surface area contributed by atoms with Crippen LogP contribution in [-0.2, 0) is 0 Å². The predicted molar refractivity (Wildman–Crippen MR) is 79.6 cm³/mol. The lowest BCUT2D eigenvalue weighted by molar-refractivity contribution is 0.102. The standard InChI is InChI=1S/C13H10FIN2O2/c14-9-3-2-8(16)6-11(9)17-13(19)7-1-4-10(15)12(18)5-7/h1-6,18H,16H2,(H,17,19). The zero-order chi connectivity index (χ0) is 14.0. The van der Waals surface area contributed by atoms with Crippen LogP contribution in [0.1, 0.15) is 10.4 Å². The number of rotatable bonds is 2. The third kappa shape index (κ3) is 3.14. The predicted octanol–water partition coefficient (Wildman–Crippen LogP) is 2.97. The number of nitrogens with one attached hydrogen (secondary N) is 1. The van der Waals surface area contributed by atoms with Gasteiger partial charge in [-0.15, -0.1) is 0 Å². The van der Waals surface area contributed by atoms with Gasteiger partial charge in [-0.05, 0) is 59.0 Å². The molecule has 2 aromatic carbocycles. The van der Waals surface area contributed by atoms with Crippen molar-refractivity contribution in [2.45, 2.75) is 0 Å². The molecule has 4 nitrogen and oxygen atoms in total. The Morgan fingerprint density at radius 2 is 2.00 bits per heavy atom. The molecular formula is C13H10FIN2O2. The lowest BCUT2D eigenvalue weighted by Gasteiger charge is -2.08. The van der Waals surface area contributed by atoms with E-state index >= 15 is 0 Å². The molecule has 2 rings (SSSR count). The molecule has 2 aromatic rings. The van der Waals surface area contributed by atoms with Gasteiger partial charge in [-0.2, -0.15) is 0 Å². The highest BCUT2D eigenvalue weighted by molar-refractivity contribution is 14.1. The summed E-state index contributed by atoms with van der Waals surface area (Å²) in [5.74, 6) is -1.09. The van der Waals surface area contributed by atoms with Gasteiger partial charge in [0, 0.05) is 11.3 Å². The average Bonchev–Trinajstić information content (AvgIpc) is 2.37. The number of carbonyl (C=O) groups excluding carboxylic acids is 1. The molecule has 0 aliphatic rings. The van der Waals surface area contributed by atoms with Crippen molar-refractivity contribution >= 4 is 39.9 Å². The van der Waals surface area contributed by atoms with Gasteiger partial charge in [0.2, 0.25) is 0 Å². The molecule has 0 saturated carbocycles. The van der Waals surface area contributed by atoms with E-state index in [-0.39, 0.29) is 17.0 Å². The summed E-state index contributed by atoms with van der Waals surface area (Å²) in [7, 11) is 0. The molecule has 0 fully saturated rings. The first kappa shape index (κ1) is 13.6. The van der Waals surface area contributed by atoms with Crippen molar-refractivity contribution in [1.82, 2.24) is 0 Å². The third-order valence-corrected chi connectivity index (χ3v) is 3.36. The van der Waals surface area contributed by atoms with Crippen LogP contribution in [0.5, 0.6) is 5.75 Å². The number of phenols is 1. The SMILES string of the molecule is Nc1ccc(F)c(NC(=O)c2ccc(I)c(O)c2)c1. The van der Waals surface area contributed by atoms with E-state index < -0.39 is 11.7 Å². The minimum atomic E-state index is -0.572. The number of aromatic hydroxyl groups is 1. The number of benzene rings is 2. The maximum absolute atomic E-state index is 13.5. The molecule has 0 heterocycles. The van der Waals surface area contributed by atoms with Crippen LogP contribution in [-0.4, -0.2) is 11.0 Å². The molecule has 0 atom stereocenters. The second kappa shape index (κ2) is 5.43. The maximum atomic E-state index is 13.5. The summed E-state index contributed by atoms with van der Waals surface area (Å²) >= 11 is 1.94. The van der Waals surface area contributed by atoms with Crippen LogP contribution in [0, 0.1) is 9.39 Å². The van der Waals surface area contributed by atoms with Gasteiger partial charge in [0.25, 0.3) is 5.91 Å². The van der Waals surface area contributed by atoms with Crippen LogP contribution in [0.2, 0.25) is 0 Å². The topological polar surface area (TPSA) is 75.3 Å². The Morgan fingerprint density at radius 1 is 1.26 bits per heavy atom. The molecule has 1 amide bonds. The summed E-state index contributed by atoms with van der Waals surface area (Å²) in [4.78, 5) is 11.9. The van der Waals surface area contributed by atoms with Crippen molar-refractivity contribution in [3.05, 3.63) is 51.3 Å². The Balaban J connectivity index is 2.25. The fourth-order valence-electron chi connectivity index (χ4n) is 1.49. The van der Waals surface area contributed by atoms with Gasteiger partial charge in [-0.25, -0.2) is 4.39 Å². The first-order valence-electron chi connectivity index (χ1n) is 5.32. The van der Waals surface area contributed by atoms with Crippen molar-refractivity contribution in [3.63, 3.8) is 0 Å². The zero-order valence-corrected chi connectivity index (χ0v) is 11.8. The number of halogens is 2. The molecule has 0 aliphatic heterocycles. The Morgan fingerprint density at radius 3 is 2.68 bits per heavy atom. The number of anilines is 2. The second-order valence-electron chi connectivity index (χ2n) is 3.86. The first-order chi connectivity index (χ1) is 8.97. The average molecular weight is 372 g/mol. The Hall–Kier alpha value is -1.83. The van der Waals surface area contributed by atoms with E-state index in [2.05, 4.69) is 5.32 Å². The minimum Gasteiger partial charge on any atom is -0.507 e. The highest BCUT2D eigenvalue weighted by Crippen LogP contribution is 2.22. The van der Waals surface area contributed by atoms with Crippen LogP contribution in [0.15, 0.2) is 36.4 Å². The number of hydrogen-bond donors (Lipinski definition) is 3. The fourth-order valence-corrected chi connectivity index (χ4v) is 1.82. The summed E-state index contributed by atoms with van der Waals surface area (Å²) in [6.07, 6.45) is 0. The molecule has 0 saturated heterocycles. The van der Waals surface area contributed by atoms with Gasteiger partial charge >= 0.3 is 0 Å². The van der Waals surface area contributed by atoms with E-state index in [4.69, 9.17) is 5.73 Å². The number of carbonyl (C=O) groups is 1. The van der Waals surface area contributed by atoms with Crippen molar-refractivity contribution in [2.75, 3.05) is 11.1 Å². The monoisotopic (exact) mass is 372 g/mol. The van der Waals surface area contributed by atoms with Crippen molar-refractivity contribution in [2.24, 2.45) is 0 Å². The number of hydrogen-bond acceptors (Lipinski definition) is 3. The van der Waals surface area contributed by atoms with E-state index in [0.717, 1.165) is 0 Å². The second-order valence-corrected chi connectivity index (χ2v) is 5.02. The van der Waals surface area contributed by atoms with Gasteiger partial charge in [0.1, 0.15) is 11.6 Å². The molecule has 6 heteroatoms. The molecule has 0 radical (unpaired) electrons. The lowest BCUT2D eigenvalue weighted by Crippen LogP contribution is -2.13. The minimum absolute atomic E-state index is 0.00120. The van der Waals surface area contributed by atoms with Gasteiger partial charge < -0.3 is 16.2 Å². The quantitative estimate of drug-likeness (QED) is 0.561. The van der Waals surface area contributed by atoms with E-state index in [1.165, 1.54) is 24.3 Å². The molecule has 4 N–H and O–H groups in total. The van der Waals surface area contributed by atoms with E-state index in [9.17, 15) is 14.3 Å². The fraction of sp³-hybridized carbons (Fsp3) is 0. The number of amides is 1. The van der Waals surface area contributed by atoms with Crippen LogP contribution in [0.4, 0.5) is 15.8 Å². The highest BCUT2D eigenvalue weighted by atomic mass is 127. The summed E-state index contributed by atoms with van der Waals surface area (Å²) in [5.41, 5.74) is 6.11. The molecule has 19 heavy (non-hydrogen) atoms. The molecule has 0 spiro atoms. The first-order valence-corrected chi connectivity index (χ1v) is 6.40. The van der Waals surface area contributed by atoms with Crippen molar-refractivity contribution in [1.29, 1.82) is 0 Å². The Labute approximate surface area is 122 Å². The van der Waals surface area contributed by atoms with Crippen molar-refractivity contribution < 1.29 is 14.3 Å². The third-order valence-electron chi connectivity index (χ3n) is 2.45. The van der Waals surface area contributed by atoms with Crippen molar-refractivity contribution in [3.8, 4) is 5.75 Å². The zero-order valence-electron chi connectivity index (χ0n) is 9.65.